The van der Waals surface area contributed by atoms with E-state index in [4.69, 9.17) is 0 Å². The first kappa shape index (κ1) is 14.9. The Morgan fingerprint density at radius 2 is 1.90 bits per heavy atom. The fourth-order valence-corrected chi connectivity index (χ4v) is 2.41. The molecule has 3 nitrogen and oxygen atoms in total. The molecule has 108 valence electrons. The summed E-state index contributed by atoms with van der Waals surface area (Å²) in [6, 6.07) is 11.0. The Morgan fingerprint density at radius 1 is 1.15 bits per heavy atom. The van der Waals surface area contributed by atoms with Crippen LogP contribution in [0, 0.1) is 6.92 Å². The third-order valence-electron chi connectivity index (χ3n) is 3.51. The number of hydrogen-bond donors (Lipinski definition) is 1. The standard InChI is InChI=1S/C17H24N2O/c1-12(2)19(10-14(4)20)11-15-6-8-17-16(9-15)7-5-13(3)18-17/h5-9,12,14,20H,10-11H2,1-4H3/t14-/m0/s1. The summed E-state index contributed by atoms with van der Waals surface area (Å²) in [5, 5.41) is 10.8. The summed E-state index contributed by atoms with van der Waals surface area (Å²) in [6.45, 7) is 9.72. The van der Waals surface area contributed by atoms with Crippen LogP contribution < -0.4 is 0 Å². The number of aromatic nitrogens is 1. The van der Waals surface area contributed by atoms with E-state index < -0.39 is 0 Å². The lowest BCUT2D eigenvalue weighted by atomic mass is 10.1. The average Bonchev–Trinajstić information content (AvgIpc) is 2.37. The van der Waals surface area contributed by atoms with E-state index in [2.05, 4.69) is 48.0 Å². The predicted molar refractivity (Wildman–Crippen MR) is 83.7 cm³/mol. The van der Waals surface area contributed by atoms with Gasteiger partial charge in [0, 0.05) is 30.2 Å². The van der Waals surface area contributed by atoms with E-state index in [1.54, 1.807) is 0 Å². The molecule has 2 aromatic rings. The molecule has 0 bridgehead atoms. The molecule has 0 saturated carbocycles. The Morgan fingerprint density at radius 3 is 2.55 bits per heavy atom. The zero-order valence-corrected chi connectivity index (χ0v) is 12.8. The molecule has 1 heterocycles. The lowest BCUT2D eigenvalue weighted by molar-refractivity contribution is 0.103. The topological polar surface area (TPSA) is 36.4 Å². The van der Waals surface area contributed by atoms with Crippen LogP contribution in [-0.2, 0) is 6.54 Å². The molecule has 1 aromatic heterocycles. The molecule has 1 atom stereocenters. The molecule has 0 fully saturated rings. The van der Waals surface area contributed by atoms with Crippen molar-refractivity contribution in [1.82, 2.24) is 9.88 Å². The fourth-order valence-electron chi connectivity index (χ4n) is 2.41. The zero-order chi connectivity index (χ0) is 14.7. The monoisotopic (exact) mass is 272 g/mol. The molecular weight excluding hydrogens is 248 g/mol. The molecule has 1 aromatic carbocycles. The molecule has 0 aliphatic heterocycles. The number of rotatable bonds is 5. The molecule has 20 heavy (non-hydrogen) atoms. The number of pyridine rings is 1. The Kier molecular flexibility index (Phi) is 4.73. The van der Waals surface area contributed by atoms with Gasteiger partial charge in [-0.2, -0.15) is 0 Å². The van der Waals surface area contributed by atoms with Crippen molar-refractivity contribution in [3.8, 4) is 0 Å². The van der Waals surface area contributed by atoms with Crippen molar-refractivity contribution < 1.29 is 5.11 Å². The maximum atomic E-state index is 9.60. The largest absolute Gasteiger partial charge is 0.392 e. The number of benzene rings is 1. The van der Waals surface area contributed by atoms with Gasteiger partial charge in [0.2, 0.25) is 0 Å². The Balaban J connectivity index is 2.21. The first-order chi connectivity index (χ1) is 9.45. The van der Waals surface area contributed by atoms with Crippen LogP contribution >= 0.6 is 0 Å². The average molecular weight is 272 g/mol. The molecule has 0 amide bonds. The van der Waals surface area contributed by atoms with Gasteiger partial charge in [0.25, 0.3) is 0 Å². The minimum Gasteiger partial charge on any atom is -0.392 e. The molecular formula is C17H24N2O. The van der Waals surface area contributed by atoms with Crippen LogP contribution in [-0.4, -0.2) is 33.7 Å². The first-order valence-corrected chi connectivity index (χ1v) is 7.24. The summed E-state index contributed by atoms with van der Waals surface area (Å²) in [6.07, 6.45) is -0.304. The summed E-state index contributed by atoms with van der Waals surface area (Å²) in [7, 11) is 0. The number of fused-ring (bicyclic) bond motifs is 1. The van der Waals surface area contributed by atoms with Crippen LogP contribution in [0.3, 0.4) is 0 Å². The molecule has 0 unspecified atom stereocenters. The van der Waals surface area contributed by atoms with Crippen molar-refractivity contribution in [2.24, 2.45) is 0 Å². The van der Waals surface area contributed by atoms with Gasteiger partial charge in [-0.1, -0.05) is 12.1 Å². The lowest BCUT2D eigenvalue weighted by Crippen LogP contribution is -2.36. The summed E-state index contributed by atoms with van der Waals surface area (Å²) < 4.78 is 0. The second kappa shape index (κ2) is 6.33. The second-order valence-corrected chi connectivity index (χ2v) is 5.85. The van der Waals surface area contributed by atoms with Crippen molar-refractivity contribution >= 4 is 10.9 Å². The minimum atomic E-state index is -0.304. The maximum absolute atomic E-state index is 9.60. The first-order valence-electron chi connectivity index (χ1n) is 7.24. The Hall–Kier alpha value is -1.45. The summed E-state index contributed by atoms with van der Waals surface area (Å²) in [4.78, 5) is 6.81. The van der Waals surface area contributed by atoms with Crippen molar-refractivity contribution in [2.45, 2.75) is 46.4 Å². The molecule has 0 aliphatic carbocycles. The van der Waals surface area contributed by atoms with E-state index in [1.807, 2.05) is 19.9 Å². The zero-order valence-electron chi connectivity index (χ0n) is 12.8. The molecule has 3 heteroatoms. The quantitative estimate of drug-likeness (QED) is 0.908. The van der Waals surface area contributed by atoms with Crippen LogP contribution in [0.2, 0.25) is 0 Å². The fraction of sp³-hybridized carbons (Fsp3) is 0.471. The van der Waals surface area contributed by atoms with Crippen LogP contribution in [0.25, 0.3) is 10.9 Å². The molecule has 0 saturated heterocycles. The van der Waals surface area contributed by atoms with E-state index in [-0.39, 0.29) is 6.10 Å². The van der Waals surface area contributed by atoms with Gasteiger partial charge in [0.15, 0.2) is 0 Å². The third kappa shape index (κ3) is 3.78. The molecule has 0 aliphatic rings. The maximum Gasteiger partial charge on any atom is 0.0705 e. The number of aliphatic hydroxyl groups is 1. The van der Waals surface area contributed by atoms with E-state index >= 15 is 0 Å². The van der Waals surface area contributed by atoms with Gasteiger partial charge in [0.1, 0.15) is 0 Å². The number of aliphatic hydroxyl groups excluding tert-OH is 1. The summed E-state index contributed by atoms with van der Waals surface area (Å²) in [5.41, 5.74) is 3.35. The van der Waals surface area contributed by atoms with Gasteiger partial charge in [-0.3, -0.25) is 9.88 Å². The predicted octanol–water partition coefficient (Wildman–Crippen LogP) is 3.13. The highest BCUT2D eigenvalue weighted by atomic mass is 16.3. The van der Waals surface area contributed by atoms with Gasteiger partial charge in [-0.15, -0.1) is 0 Å². The van der Waals surface area contributed by atoms with E-state index in [0.717, 1.165) is 17.8 Å². The van der Waals surface area contributed by atoms with Crippen LogP contribution in [0.5, 0.6) is 0 Å². The van der Waals surface area contributed by atoms with Crippen LogP contribution in [0.4, 0.5) is 0 Å². The smallest absolute Gasteiger partial charge is 0.0705 e. The van der Waals surface area contributed by atoms with Crippen LogP contribution in [0.1, 0.15) is 32.0 Å². The molecule has 0 radical (unpaired) electrons. The third-order valence-corrected chi connectivity index (χ3v) is 3.51. The summed E-state index contributed by atoms with van der Waals surface area (Å²) >= 11 is 0. The highest BCUT2D eigenvalue weighted by molar-refractivity contribution is 5.79. The van der Waals surface area contributed by atoms with Crippen molar-refractivity contribution in [3.63, 3.8) is 0 Å². The number of hydrogen-bond acceptors (Lipinski definition) is 3. The summed E-state index contributed by atoms with van der Waals surface area (Å²) in [5.74, 6) is 0. The highest BCUT2D eigenvalue weighted by Gasteiger charge is 2.12. The molecule has 0 spiro atoms. The van der Waals surface area contributed by atoms with Gasteiger partial charge in [-0.25, -0.2) is 0 Å². The van der Waals surface area contributed by atoms with Crippen molar-refractivity contribution in [1.29, 1.82) is 0 Å². The number of aryl methyl sites for hydroxylation is 1. The normalized spacial score (nSPS) is 13.3. The second-order valence-electron chi connectivity index (χ2n) is 5.85. The van der Waals surface area contributed by atoms with Gasteiger partial charge in [0.05, 0.1) is 11.6 Å². The van der Waals surface area contributed by atoms with E-state index in [9.17, 15) is 5.11 Å². The van der Waals surface area contributed by atoms with Gasteiger partial charge in [-0.05, 0) is 51.5 Å². The van der Waals surface area contributed by atoms with Gasteiger partial charge < -0.3 is 5.11 Å². The van der Waals surface area contributed by atoms with E-state index in [1.165, 1.54) is 10.9 Å². The highest BCUT2D eigenvalue weighted by Crippen LogP contribution is 2.17. The van der Waals surface area contributed by atoms with Crippen LogP contribution in [0.15, 0.2) is 30.3 Å². The van der Waals surface area contributed by atoms with Crippen molar-refractivity contribution in [3.05, 3.63) is 41.6 Å². The SMILES string of the molecule is Cc1ccc2cc(CN(C[C@H](C)O)C(C)C)ccc2n1. The number of nitrogens with zero attached hydrogens (tertiary/aromatic N) is 2. The lowest BCUT2D eigenvalue weighted by Gasteiger charge is -2.27. The minimum absolute atomic E-state index is 0.304. The molecule has 2 rings (SSSR count). The van der Waals surface area contributed by atoms with Crippen molar-refractivity contribution in [2.75, 3.05) is 6.54 Å². The molecule has 1 N–H and O–H groups in total. The Bertz CT molecular complexity index is 578. The van der Waals surface area contributed by atoms with E-state index in [0.29, 0.717) is 12.6 Å². The van der Waals surface area contributed by atoms with Gasteiger partial charge >= 0.3 is 0 Å². The Labute approximate surface area is 121 Å².